The molecule has 0 aromatic heterocycles. The van der Waals surface area contributed by atoms with Gasteiger partial charge < -0.3 is 19.7 Å². The fourth-order valence-corrected chi connectivity index (χ4v) is 7.89. The first-order chi connectivity index (χ1) is 21.1. The maximum atomic E-state index is 13.3. The normalized spacial score (nSPS) is 25.7. The maximum absolute atomic E-state index is 13.3. The number of nitrogens with zero attached hydrogens (tertiary/aromatic N) is 3. The van der Waals surface area contributed by atoms with Crippen molar-refractivity contribution in [3.63, 3.8) is 0 Å². The van der Waals surface area contributed by atoms with Crippen molar-refractivity contribution in [1.82, 2.24) is 15.1 Å². The van der Waals surface area contributed by atoms with Gasteiger partial charge in [-0.2, -0.15) is 5.26 Å². The van der Waals surface area contributed by atoms with Gasteiger partial charge >= 0.3 is 6.09 Å². The molecule has 1 heterocycles. The Labute approximate surface area is 273 Å². The summed E-state index contributed by atoms with van der Waals surface area (Å²) >= 11 is 6.22. The molecule has 5 rings (SSSR count). The van der Waals surface area contributed by atoms with Crippen LogP contribution in [0.25, 0.3) is 0 Å². The van der Waals surface area contributed by atoms with Gasteiger partial charge in [0.25, 0.3) is 5.91 Å². The Bertz CT molecular complexity index is 1430. The van der Waals surface area contributed by atoms with E-state index in [0.717, 1.165) is 32.5 Å². The minimum Gasteiger partial charge on any atom is -0.489 e. The van der Waals surface area contributed by atoms with E-state index in [4.69, 9.17) is 26.3 Å². The van der Waals surface area contributed by atoms with E-state index < -0.39 is 5.60 Å². The zero-order valence-electron chi connectivity index (χ0n) is 27.7. The highest BCUT2D eigenvalue weighted by atomic mass is 35.5. The van der Waals surface area contributed by atoms with Crippen LogP contribution in [0.1, 0.15) is 88.7 Å². The molecule has 2 aromatic rings. The molecule has 1 N–H and O–H groups in total. The summed E-state index contributed by atoms with van der Waals surface area (Å²) in [7, 11) is 0. The third-order valence-electron chi connectivity index (χ3n) is 9.85. The molecule has 0 spiro atoms. The summed E-state index contributed by atoms with van der Waals surface area (Å²) in [5.74, 6) is 1.71. The molecule has 3 aliphatic rings. The van der Waals surface area contributed by atoms with Gasteiger partial charge in [0.05, 0.1) is 10.6 Å². The lowest BCUT2D eigenvalue weighted by Crippen LogP contribution is -2.74. The van der Waals surface area contributed by atoms with Gasteiger partial charge in [0.15, 0.2) is 0 Å². The van der Waals surface area contributed by atoms with E-state index in [0.29, 0.717) is 46.8 Å². The van der Waals surface area contributed by atoms with Gasteiger partial charge in [-0.05, 0) is 75.3 Å². The van der Waals surface area contributed by atoms with Gasteiger partial charge in [0.1, 0.15) is 23.5 Å². The van der Waals surface area contributed by atoms with E-state index in [1.165, 1.54) is 5.56 Å². The van der Waals surface area contributed by atoms with Crippen LogP contribution >= 0.6 is 11.6 Å². The minimum atomic E-state index is -0.467. The number of carbonyl (C=O) groups is 2. The fraction of sp³-hybridized carbons (Fsp3) is 0.583. The summed E-state index contributed by atoms with van der Waals surface area (Å²) in [4.78, 5) is 30.0. The van der Waals surface area contributed by atoms with Crippen LogP contribution in [0.15, 0.2) is 42.5 Å². The van der Waals surface area contributed by atoms with Crippen LogP contribution in [-0.2, 0) is 4.74 Å². The third kappa shape index (κ3) is 7.10. The zero-order chi connectivity index (χ0) is 32.7. The van der Waals surface area contributed by atoms with Gasteiger partial charge in [0.2, 0.25) is 0 Å². The molecule has 1 aliphatic heterocycles. The van der Waals surface area contributed by atoms with Gasteiger partial charge in [-0.1, -0.05) is 51.4 Å². The Kier molecular flexibility index (Phi) is 9.19. The molecular formula is C36H47ClN4O4. The number of rotatable bonds is 7. The SMILES string of the molecule is CC(C)(C)OC(=O)N1CCN(CC2CC(c3ccc(C(=O)NC4C(C)(C)C(Oc5ccc(C#N)c(Cl)c5)C4(C)C)cc3)C2)CC1. The highest BCUT2D eigenvalue weighted by Gasteiger charge is 2.64. The number of amides is 2. The van der Waals surface area contributed by atoms with E-state index >= 15 is 0 Å². The van der Waals surface area contributed by atoms with Crippen molar-refractivity contribution in [2.75, 3.05) is 32.7 Å². The van der Waals surface area contributed by atoms with Crippen LogP contribution in [0, 0.1) is 28.1 Å². The smallest absolute Gasteiger partial charge is 0.410 e. The average Bonchev–Trinajstić information content (AvgIpc) is 2.95. The Morgan fingerprint density at radius 3 is 2.18 bits per heavy atom. The summed E-state index contributed by atoms with van der Waals surface area (Å²) in [6, 6.07) is 15.2. The predicted molar refractivity (Wildman–Crippen MR) is 176 cm³/mol. The number of nitrogens with one attached hydrogen (secondary N) is 1. The Hall–Kier alpha value is -3.28. The minimum absolute atomic E-state index is 0.0791. The molecule has 9 heteroatoms. The first kappa shape index (κ1) is 33.1. The summed E-state index contributed by atoms with van der Waals surface area (Å²) in [6.07, 6.45) is 1.93. The third-order valence-corrected chi connectivity index (χ3v) is 10.2. The standard InChI is InChI=1S/C36H47ClN4O4/c1-34(2,3)45-33(43)41-16-14-40(15-17-41)22-23-18-27(19-23)24-8-10-25(11-9-24)30(42)39-31-35(4,5)32(36(31,6)7)44-28-13-12-26(21-38)29(37)20-28/h8-13,20,23,27,31-32H,14-19,22H2,1-7H3,(H,39,42). The summed E-state index contributed by atoms with van der Waals surface area (Å²) in [5.41, 5.74) is 1.26. The number of piperazine rings is 1. The Balaban J connectivity index is 1.08. The highest BCUT2D eigenvalue weighted by Crippen LogP contribution is 2.55. The molecule has 3 fully saturated rings. The first-order valence-corrected chi connectivity index (χ1v) is 16.4. The number of nitriles is 1. The molecule has 2 aromatic carbocycles. The van der Waals surface area contributed by atoms with Crippen LogP contribution < -0.4 is 10.1 Å². The molecule has 8 nitrogen and oxygen atoms in total. The maximum Gasteiger partial charge on any atom is 0.410 e. The summed E-state index contributed by atoms with van der Waals surface area (Å²) in [6.45, 7) is 18.4. The largest absolute Gasteiger partial charge is 0.489 e. The van der Waals surface area contributed by atoms with Gasteiger partial charge in [-0.3, -0.25) is 9.69 Å². The van der Waals surface area contributed by atoms with E-state index in [9.17, 15) is 9.59 Å². The van der Waals surface area contributed by atoms with E-state index in [1.807, 2.05) is 37.8 Å². The number of carbonyl (C=O) groups excluding carboxylic acids is 2. The lowest BCUT2D eigenvalue weighted by atomic mass is 9.49. The predicted octanol–water partition coefficient (Wildman–Crippen LogP) is 6.87. The van der Waals surface area contributed by atoms with Crippen molar-refractivity contribution in [2.45, 2.75) is 85.0 Å². The molecular weight excluding hydrogens is 588 g/mol. The van der Waals surface area contributed by atoms with Crippen molar-refractivity contribution in [1.29, 1.82) is 5.26 Å². The zero-order valence-corrected chi connectivity index (χ0v) is 28.4. The molecule has 2 saturated carbocycles. The Morgan fingerprint density at radius 2 is 1.62 bits per heavy atom. The first-order valence-electron chi connectivity index (χ1n) is 16.1. The topological polar surface area (TPSA) is 94.9 Å². The van der Waals surface area contributed by atoms with Crippen molar-refractivity contribution in [2.24, 2.45) is 16.7 Å². The van der Waals surface area contributed by atoms with Crippen LogP contribution in [-0.4, -0.2) is 72.3 Å². The van der Waals surface area contributed by atoms with Crippen molar-refractivity contribution >= 4 is 23.6 Å². The molecule has 1 saturated heterocycles. The van der Waals surface area contributed by atoms with Crippen molar-refractivity contribution < 1.29 is 19.1 Å². The van der Waals surface area contributed by atoms with Crippen LogP contribution in [0.5, 0.6) is 5.75 Å². The molecule has 0 atom stereocenters. The quantitative estimate of drug-likeness (QED) is 0.357. The molecule has 45 heavy (non-hydrogen) atoms. The summed E-state index contributed by atoms with van der Waals surface area (Å²) in [5, 5.41) is 12.8. The number of benzene rings is 2. The molecule has 2 amide bonds. The molecule has 0 bridgehead atoms. The number of ether oxygens (including phenoxy) is 2. The number of hydrogen-bond acceptors (Lipinski definition) is 6. The second-order valence-electron chi connectivity index (χ2n) is 15.2. The van der Waals surface area contributed by atoms with E-state index in [1.54, 1.807) is 18.2 Å². The average molecular weight is 635 g/mol. The van der Waals surface area contributed by atoms with E-state index in [2.05, 4.69) is 56.1 Å². The Morgan fingerprint density at radius 1 is 1.00 bits per heavy atom. The van der Waals surface area contributed by atoms with Crippen LogP contribution in [0.2, 0.25) is 5.02 Å². The molecule has 2 aliphatic carbocycles. The highest BCUT2D eigenvalue weighted by molar-refractivity contribution is 6.31. The monoisotopic (exact) mass is 634 g/mol. The number of halogens is 1. The fourth-order valence-electron chi connectivity index (χ4n) is 7.68. The summed E-state index contributed by atoms with van der Waals surface area (Å²) < 4.78 is 11.9. The van der Waals surface area contributed by atoms with Gasteiger partial charge in [-0.15, -0.1) is 0 Å². The van der Waals surface area contributed by atoms with Crippen LogP contribution in [0.3, 0.4) is 0 Å². The van der Waals surface area contributed by atoms with Gasteiger partial charge in [0, 0.05) is 61.2 Å². The van der Waals surface area contributed by atoms with Crippen LogP contribution in [0.4, 0.5) is 4.79 Å². The van der Waals surface area contributed by atoms with Crippen molar-refractivity contribution in [3.05, 3.63) is 64.2 Å². The van der Waals surface area contributed by atoms with Gasteiger partial charge in [-0.25, -0.2) is 4.79 Å². The lowest BCUT2D eigenvalue weighted by molar-refractivity contribution is -0.164. The lowest BCUT2D eigenvalue weighted by Gasteiger charge is -2.63. The van der Waals surface area contributed by atoms with Crippen molar-refractivity contribution in [3.8, 4) is 11.8 Å². The van der Waals surface area contributed by atoms with E-state index in [-0.39, 0.29) is 35.0 Å². The molecule has 0 radical (unpaired) electrons. The number of hydrogen-bond donors (Lipinski definition) is 1. The molecule has 242 valence electrons. The second kappa shape index (κ2) is 12.5. The molecule has 0 unspecified atom stereocenters. The second-order valence-corrected chi connectivity index (χ2v) is 15.6.